The van der Waals surface area contributed by atoms with Crippen LogP contribution in [0.3, 0.4) is 0 Å². The fourth-order valence-electron chi connectivity index (χ4n) is 1.52. The van der Waals surface area contributed by atoms with Crippen LogP contribution in [0, 0.1) is 6.92 Å². The Bertz CT molecular complexity index is 363. The Labute approximate surface area is 126 Å². The Morgan fingerprint density at radius 1 is 1.15 bits per heavy atom. The number of hydrogen-bond acceptors (Lipinski definition) is 2. The summed E-state index contributed by atoms with van der Waals surface area (Å²) in [5, 5.41) is 0. The van der Waals surface area contributed by atoms with Gasteiger partial charge in [0.2, 0.25) is 0 Å². The number of nitrogens with one attached hydrogen (secondary N) is 1. The van der Waals surface area contributed by atoms with Crippen molar-refractivity contribution in [2.75, 3.05) is 12.8 Å². The maximum atomic E-state index is 11.4. The molecular weight excluding hydrogens is 270 g/mol. The van der Waals surface area contributed by atoms with Crippen molar-refractivity contribution in [3.8, 4) is 0 Å². The van der Waals surface area contributed by atoms with E-state index in [1.807, 2.05) is 58.9 Å². The molecule has 2 atom stereocenters. The summed E-state index contributed by atoms with van der Waals surface area (Å²) in [6, 6.07) is 8.01. The van der Waals surface area contributed by atoms with Gasteiger partial charge in [-0.3, -0.25) is 0 Å². The number of benzene rings is 1. The largest absolute Gasteiger partial charge is 0.303 e. The highest BCUT2D eigenvalue weighted by Gasteiger charge is 2.13. The molecule has 0 aliphatic heterocycles. The van der Waals surface area contributed by atoms with Crippen LogP contribution < -0.4 is 4.72 Å². The van der Waals surface area contributed by atoms with Gasteiger partial charge in [0, 0.05) is 18.1 Å². The number of aldehydes is 1. The van der Waals surface area contributed by atoms with E-state index < -0.39 is 11.0 Å². The standard InChI is InChI=1S/C12H17NO2S.2C2H6/c1-10-3-5-11(6-4-10)12(7-8-14)9-16(15)13-2;2*1-2/h3-6,8,12-13H,7,9H2,1-2H3;2*1-2H3. The first-order valence-corrected chi connectivity index (χ1v) is 8.55. The van der Waals surface area contributed by atoms with Gasteiger partial charge in [-0.2, -0.15) is 0 Å². The molecule has 0 saturated carbocycles. The summed E-state index contributed by atoms with van der Waals surface area (Å²) in [7, 11) is 0.583. The third-order valence-corrected chi connectivity index (χ3v) is 3.67. The van der Waals surface area contributed by atoms with Gasteiger partial charge in [-0.15, -0.1) is 0 Å². The van der Waals surface area contributed by atoms with Crippen molar-refractivity contribution in [1.29, 1.82) is 0 Å². The molecule has 0 aliphatic carbocycles. The monoisotopic (exact) mass is 299 g/mol. The minimum absolute atomic E-state index is 0.0337. The van der Waals surface area contributed by atoms with Gasteiger partial charge in [-0.25, -0.2) is 8.93 Å². The molecule has 0 radical (unpaired) electrons. The van der Waals surface area contributed by atoms with Crippen LogP contribution in [0.4, 0.5) is 0 Å². The van der Waals surface area contributed by atoms with Gasteiger partial charge in [-0.05, 0) is 19.5 Å². The van der Waals surface area contributed by atoms with E-state index in [1.54, 1.807) is 7.05 Å². The zero-order valence-electron chi connectivity index (χ0n) is 13.6. The lowest BCUT2D eigenvalue weighted by atomic mass is 9.97. The highest BCUT2D eigenvalue weighted by molar-refractivity contribution is 7.83. The topological polar surface area (TPSA) is 46.2 Å². The highest BCUT2D eigenvalue weighted by Crippen LogP contribution is 2.20. The minimum Gasteiger partial charge on any atom is -0.303 e. The second-order valence-corrected chi connectivity index (χ2v) is 5.16. The zero-order valence-corrected chi connectivity index (χ0v) is 14.4. The molecule has 2 unspecified atom stereocenters. The van der Waals surface area contributed by atoms with Gasteiger partial charge in [-0.1, -0.05) is 57.5 Å². The molecule has 0 spiro atoms. The normalized spacial score (nSPS) is 12.1. The van der Waals surface area contributed by atoms with E-state index in [-0.39, 0.29) is 5.92 Å². The molecular formula is C16H29NO2S. The lowest BCUT2D eigenvalue weighted by molar-refractivity contribution is -0.108. The third-order valence-electron chi connectivity index (χ3n) is 2.51. The molecule has 0 aliphatic rings. The van der Waals surface area contributed by atoms with E-state index in [1.165, 1.54) is 5.56 Å². The minimum atomic E-state index is -1.07. The Hall–Kier alpha value is -1.00. The van der Waals surface area contributed by atoms with Crippen LogP contribution in [0.5, 0.6) is 0 Å². The summed E-state index contributed by atoms with van der Waals surface area (Å²) in [5.41, 5.74) is 2.25. The van der Waals surface area contributed by atoms with E-state index in [0.717, 1.165) is 11.8 Å². The molecule has 1 N–H and O–H groups in total. The van der Waals surface area contributed by atoms with E-state index in [0.29, 0.717) is 12.2 Å². The lowest BCUT2D eigenvalue weighted by Crippen LogP contribution is -2.19. The third kappa shape index (κ3) is 8.99. The van der Waals surface area contributed by atoms with Crippen molar-refractivity contribution in [2.24, 2.45) is 0 Å². The second-order valence-electron chi connectivity index (χ2n) is 3.73. The van der Waals surface area contributed by atoms with Crippen molar-refractivity contribution in [3.05, 3.63) is 35.4 Å². The number of hydrogen-bond donors (Lipinski definition) is 1. The first-order valence-electron chi connectivity index (χ1n) is 7.23. The van der Waals surface area contributed by atoms with Crippen LogP contribution in [-0.4, -0.2) is 23.3 Å². The number of carbonyl (C=O) groups excluding carboxylic acids is 1. The maximum absolute atomic E-state index is 11.4. The average Bonchev–Trinajstić information content (AvgIpc) is 2.51. The Morgan fingerprint density at radius 2 is 1.65 bits per heavy atom. The Kier molecular flexibility index (Phi) is 15.3. The average molecular weight is 299 g/mol. The quantitative estimate of drug-likeness (QED) is 0.816. The summed E-state index contributed by atoms with van der Waals surface area (Å²) in [6.45, 7) is 10.0. The van der Waals surface area contributed by atoms with E-state index in [4.69, 9.17) is 0 Å². The fourth-order valence-corrected chi connectivity index (χ4v) is 2.38. The summed E-state index contributed by atoms with van der Waals surface area (Å²) in [4.78, 5) is 10.6. The molecule has 3 nitrogen and oxygen atoms in total. The van der Waals surface area contributed by atoms with Crippen molar-refractivity contribution >= 4 is 17.3 Å². The summed E-state index contributed by atoms with van der Waals surface area (Å²) >= 11 is 0. The molecule has 0 heterocycles. The van der Waals surface area contributed by atoms with E-state index in [9.17, 15) is 9.00 Å². The van der Waals surface area contributed by atoms with Crippen LogP contribution in [0.2, 0.25) is 0 Å². The van der Waals surface area contributed by atoms with E-state index in [2.05, 4.69) is 4.72 Å². The molecule has 0 aromatic heterocycles. The van der Waals surface area contributed by atoms with Crippen molar-refractivity contribution in [1.82, 2.24) is 4.72 Å². The maximum Gasteiger partial charge on any atom is 0.120 e. The van der Waals surface area contributed by atoms with Gasteiger partial charge >= 0.3 is 0 Å². The van der Waals surface area contributed by atoms with Crippen LogP contribution >= 0.6 is 0 Å². The smallest absolute Gasteiger partial charge is 0.120 e. The van der Waals surface area contributed by atoms with Gasteiger partial charge in [0.15, 0.2) is 0 Å². The van der Waals surface area contributed by atoms with E-state index >= 15 is 0 Å². The fraction of sp³-hybridized carbons (Fsp3) is 0.562. The molecule has 0 bridgehead atoms. The molecule has 0 fully saturated rings. The Morgan fingerprint density at radius 3 is 2.05 bits per heavy atom. The molecule has 4 heteroatoms. The van der Waals surface area contributed by atoms with Crippen LogP contribution in [0.15, 0.2) is 24.3 Å². The molecule has 1 rings (SSSR count). The van der Waals surface area contributed by atoms with Crippen LogP contribution in [-0.2, 0) is 15.8 Å². The Balaban J connectivity index is 0. The summed E-state index contributed by atoms with van der Waals surface area (Å²) in [5.74, 6) is 0.504. The molecule has 0 amide bonds. The van der Waals surface area contributed by atoms with Gasteiger partial charge < -0.3 is 4.79 Å². The molecule has 0 saturated heterocycles. The molecule has 20 heavy (non-hydrogen) atoms. The second kappa shape index (κ2) is 14.4. The van der Waals surface area contributed by atoms with Crippen LogP contribution in [0.1, 0.15) is 51.2 Å². The highest BCUT2D eigenvalue weighted by atomic mass is 32.2. The summed E-state index contributed by atoms with van der Waals surface area (Å²) in [6.07, 6.45) is 1.30. The first kappa shape index (κ1) is 21.3. The predicted octanol–water partition coefficient (Wildman–Crippen LogP) is 3.60. The van der Waals surface area contributed by atoms with Gasteiger partial charge in [0.05, 0.1) is 11.0 Å². The predicted molar refractivity (Wildman–Crippen MR) is 89.4 cm³/mol. The SMILES string of the molecule is CC.CC.CNS(=O)CC(CC=O)c1ccc(C)cc1. The number of aryl methyl sites for hydroxylation is 1. The van der Waals surface area contributed by atoms with Gasteiger partial charge in [0.25, 0.3) is 0 Å². The lowest BCUT2D eigenvalue weighted by Gasteiger charge is -2.14. The van der Waals surface area contributed by atoms with Crippen molar-refractivity contribution in [3.63, 3.8) is 0 Å². The van der Waals surface area contributed by atoms with Crippen molar-refractivity contribution in [2.45, 2.75) is 47.0 Å². The molecule has 1 aromatic rings. The first-order chi connectivity index (χ1) is 9.67. The molecule has 1 aromatic carbocycles. The van der Waals surface area contributed by atoms with Crippen molar-refractivity contribution < 1.29 is 9.00 Å². The zero-order chi connectivity index (χ0) is 16.0. The number of rotatable bonds is 6. The van der Waals surface area contributed by atoms with Gasteiger partial charge in [0.1, 0.15) is 6.29 Å². The molecule has 116 valence electrons. The number of carbonyl (C=O) groups is 1. The van der Waals surface area contributed by atoms with Crippen LogP contribution in [0.25, 0.3) is 0 Å². The summed E-state index contributed by atoms with van der Waals surface area (Å²) < 4.78 is 14.1.